The Morgan fingerprint density at radius 2 is 1.37 bits per heavy atom. The number of halogens is 6. The van der Waals surface area contributed by atoms with Crippen LogP contribution in [0.2, 0.25) is 0 Å². The molecule has 0 bridgehead atoms. The number of alkyl halides is 6. The first-order chi connectivity index (χ1) is 16.2. The number of likely N-dealkylation sites (tertiary alicyclic amines) is 2. The number of aromatic nitrogens is 1. The molecule has 0 aromatic carbocycles. The molecule has 3 heterocycles. The van der Waals surface area contributed by atoms with Gasteiger partial charge >= 0.3 is 24.3 Å². The number of rotatable bonds is 4. The SMILES string of the molecule is O=C(Cc1ccncc1)N1CCCC(CN2CCCC2)C1.O=C(O)C(F)(F)F.O=C(O)C(F)(F)F. The van der Waals surface area contributed by atoms with Crippen LogP contribution in [-0.2, 0) is 20.8 Å². The van der Waals surface area contributed by atoms with Gasteiger partial charge in [-0.05, 0) is 62.4 Å². The molecule has 2 saturated heterocycles. The maximum absolute atomic E-state index is 12.4. The molecule has 14 heteroatoms. The van der Waals surface area contributed by atoms with Gasteiger partial charge < -0.3 is 20.0 Å². The average molecular weight is 515 g/mol. The fourth-order valence-corrected chi connectivity index (χ4v) is 3.56. The van der Waals surface area contributed by atoms with E-state index in [1.54, 1.807) is 12.4 Å². The third-order valence-electron chi connectivity index (χ3n) is 5.18. The van der Waals surface area contributed by atoms with E-state index in [2.05, 4.69) is 14.8 Å². The van der Waals surface area contributed by atoms with Gasteiger partial charge in [0.05, 0.1) is 6.42 Å². The molecule has 0 saturated carbocycles. The summed E-state index contributed by atoms with van der Waals surface area (Å²) < 4.78 is 63.5. The van der Waals surface area contributed by atoms with E-state index < -0.39 is 24.3 Å². The van der Waals surface area contributed by atoms with Gasteiger partial charge in [-0.15, -0.1) is 0 Å². The fourth-order valence-electron chi connectivity index (χ4n) is 3.56. The Hall–Kier alpha value is -2.90. The molecule has 0 spiro atoms. The van der Waals surface area contributed by atoms with Gasteiger partial charge in [-0.3, -0.25) is 9.78 Å². The highest BCUT2D eigenvalue weighted by Crippen LogP contribution is 2.20. The lowest BCUT2D eigenvalue weighted by molar-refractivity contribution is -0.193. The van der Waals surface area contributed by atoms with Crippen LogP contribution in [0.15, 0.2) is 24.5 Å². The lowest BCUT2D eigenvalue weighted by Crippen LogP contribution is -2.43. The predicted octanol–water partition coefficient (Wildman–Crippen LogP) is 3.23. The highest BCUT2D eigenvalue weighted by atomic mass is 19.4. The maximum atomic E-state index is 12.4. The molecule has 2 aliphatic heterocycles. The van der Waals surface area contributed by atoms with Crippen LogP contribution in [0.4, 0.5) is 26.3 Å². The summed E-state index contributed by atoms with van der Waals surface area (Å²) in [7, 11) is 0. The van der Waals surface area contributed by atoms with E-state index in [4.69, 9.17) is 19.8 Å². The zero-order chi connectivity index (χ0) is 26.6. The number of amides is 1. The van der Waals surface area contributed by atoms with Crippen molar-refractivity contribution in [1.29, 1.82) is 0 Å². The van der Waals surface area contributed by atoms with Gasteiger partial charge in [-0.1, -0.05) is 0 Å². The van der Waals surface area contributed by atoms with Gasteiger partial charge in [0.1, 0.15) is 0 Å². The van der Waals surface area contributed by atoms with E-state index in [-0.39, 0.29) is 5.91 Å². The topological polar surface area (TPSA) is 111 Å². The zero-order valence-corrected chi connectivity index (χ0v) is 18.7. The van der Waals surface area contributed by atoms with Crippen molar-refractivity contribution in [3.63, 3.8) is 0 Å². The third-order valence-corrected chi connectivity index (χ3v) is 5.18. The smallest absolute Gasteiger partial charge is 0.475 e. The number of carboxylic acids is 2. The van der Waals surface area contributed by atoms with Gasteiger partial charge in [0.15, 0.2) is 0 Å². The molecule has 1 atom stereocenters. The normalized spacial score (nSPS) is 18.6. The standard InChI is InChI=1S/C17H25N3O.2C2HF3O2/c21-17(12-15-5-7-18-8-6-15)20-11-3-4-16(14-20)13-19-9-1-2-10-19;2*3-2(4,5)1(6)7/h5-8,16H,1-4,9-14H2;2*(H,6,7). The summed E-state index contributed by atoms with van der Waals surface area (Å²) in [6, 6.07) is 3.87. The lowest BCUT2D eigenvalue weighted by Gasteiger charge is -2.34. The molecule has 2 fully saturated rings. The molecule has 0 aliphatic carbocycles. The van der Waals surface area contributed by atoms with Crippen molar-refractivity contribution >= 4 is 17.8 Å². The number of hydrogen-bond acceptors (Lipinski definition) is 5. The van der Waals surface area contributed by atoms with Gasteiger partial charge in [0, 0.05) is 32.0 Å². The molecule has 3 rings (SSSR count). The summed E-state index contributed by atoms with van der Waals surface area (Å²) in [4.78, 5) is 38.9. The van der Waals surface area contributed by atoms with E-state index in [9.17, 15) is 31.1 Å². The third kappa shape index (κ3) is 12.4. The molecule has 8 nitrogen and oxygen atoms in total. The molecule has 0 radical (unpaired) electrons. The Kier molecular flexibility index (Phi) is 11.9. The molecule has 1 aromatic heterocycles. The fraction of sp³-hybridized carbons (Fsp3) is 0.619. The Labute approximate surface area is 197 Å². The van der Waals surface area contributed by atoms with Crippen LogP contribution >= 0.6 is 0 Å². The minimum atomic E-state index is -5.08. The van der Waals surface area contributed by atoms with E-state index in [1.807, 2.05) is 12.1 Å². The summed E-state index contributed by atoms with van der Waals surface area (Å²) in [5.41, 5.74) is 1.07. The number of hydrogen-bond donors (Lipinski definition) is 2. The van der Waals surface area contributed by atoms with Crippen molar-refractivity contribution in [2.24, 2.45) is 5.92 Å². The van der Waals surface area contributed by atoms with Crippen molar-refractivity contribution in [3.8, 4) is 0 Å². The largest absolute Gasteiger partial charge is 0.490 e. The van der Waals surface area contributed by atoms with Crippen LogP contribution in [0, 0.1) is 5.92 Å². The minimum Gasteiger partial charge on any atom is -0.475 e. The monoisotopic (exact) mass is 515 g/mol. The second kappa shape index (κ2) is 13.9. The number of aliphatic carboxylic acids is 2. The number of piperidine rings is 1. The van der Waals surface area contributed by atoms with Crippen LogP contribution in [0.25, 0.3) is 0 Å². The lowest BCUT2D eigenvalue weighted by atomic mass is 9.97. The number of carboxylic acid groups (broad SMARTS) is 2. The highest BCUT2D eigenvalue weighted by Gasteiger charge is 2.38. The second-order valence-electron chi connectivity index (χ2n) is 7.99. The van der Waals surface area contributed by atoms with Gasteiger partial charge in [-0.25, -0.2) is 9.59 Å². The van der Waals surface area contributed by atoms with E-state index in [1.165, 1.54) is 38.9 Å². The highest BCUT2D eigenvalue weighted by molar-refractivity contribution is 5.78. The van der Waals surface area contributed by atoms with E-state index >= 15 is 0 Å². The molecule has 1 unspecified atom stereocenters. The van der Waals surface area contributed by atoms with Crippen molar-refractivity contribution in [3.05, 3.63) is 30.1 Å². The van der Waals surface area contributed by atoms with Crippen molar-refractivity contribution in [2.75, 3.05) is 32.7 Å². The summed E-state index contributed by atoms with van der Waals surface area (Å²) >= 11 is 0. The van der Waals surface area contributed by atoms with Gasteiger partial charge in [0.2, 0.25) is 5.91 Å². The van der Waals surface area contributed by atoms with Crippen molar-refractivity contribution < 1.29 is 50.9 Å². The van der Waals surface area contributed by atoms with Gasteiger partial charge in [-0.2, -0.15) is 26.3 Å². The number of nitrogens with zero attached hydrogens (tertiary/aromatic N) is 3. The molecular weight excluding hydrogens is 488 g/mol. The number of carbonyl (C=O) groups is 3. The van der Waals surface area contributed by atoms with Crippen molar-refractivity contribution in [1.82, 2.24) is 14.8 Å². The minimum absolute atomic E-state index is 0.271. The zero-order valence-electron chi connectivity index (χ0n) is 18.7. The van der Waals surface area contributed by atoms with E-state index in [0.717, 1.165) is 25.1 Å². The van der Waals surface area contributed by atoms with Crippen LogP contribution in [0.5, 0.6) is 0 Å². The summed E-state index contributed by atoms with van der Waals surface area (Å²) in [6.45, 7) is 5.56. The summed E-state index contributed by atoms with van der Waals surface area (Å²) in [5.74, 6) is -4.58. The van der Waals surface area contributed by atoms with Crippen molar-refractivity contribution in [2.45, 2.75) is 44.5 Å². The maximum Gasteiger partial charge on any atom is 0.490 e. The molecular formula is C21H27F6N3O5. The number of carbonyl (C=O) groups excluding carboxylic acids is 1. The summed E-state index contributed by atoms with van der Waals surface area (Å²) in [6.07, 6.45) is -1.02. The Balaban J connectivity index is 0.000000362. The first-order valence-corrected chi connectivity index (χ1v) is 10.7. The average Bonchev–Trinajstić information content (AvgIpc) is 3.27. The first-order valence-electron chi connectivity index (χ1n) is 10.7. The second-order valence-corrected chi connectivity index (χ2v) is 7.99. The molecule has 1 amide bonds. The Morgan fingerprint density at radius 1 is 0.886 bits per heavy atom. The van der Waals surface area contributed by atoms with Gasteiger partial charge in [0.25, 0.3) is 0 Å². The predicted molar refractivity (Wildman–Crippen MR) is 110 cm³/mol. The van der Waals surface area contributed by atoms with Crippen LogP contribution in [0.3, 0.4) is 0 Å². The molecule has 2 N–H and O–H groups in total. The summed E-state index contributed by atoms with van der Waals surface area (Å²) in [5, 5.41) is 14.2. The van der Waals surface area contributed by atoms with Crippen LogP contribution in [-0.4, -0.2) is 87.9 Å². The Morgan fingerprint density at radius 3 is 1.83 bits per heavy atom. The van der Waals surface area contributed by atoms with Crippen LogP contribution < -0.4 is 0 Å². The first kappa shape index (κ1) is 30.1. The molecule has 198 valence electrons. The number of pyridine rings is 1. The van der Waals surface area contributed by atoms with E-state index in [0.29, 0.717) is 12.3 Å². The molecule has 2 aliphatic rings. The quantitative estimate of drug-likeness (QED) is 0.593. The molecule has 1 aromatic rings. The molecule has 35 heavy (non-hydrogen) atoms. The van der Waals surface area contributed by atoms with Crippen LogP contribution in [0.1, 0.15) is 31.2 Å². The Bertz CT molecular complexity index is 790.